The zero-order valence-corrected chi connectivity index (χ0v) is 16.7. The Balaban J connectivity index is 3.52. The molecule has 0 aromatic heterocycles. The van der Waals surface area contributed by atoms with Crippen molar-refractivity contribution < 1.29 is 24.3 Å². The van der Waals surface area contributed by atoms with E-state index in [-0.39, 0.29) is 23.7 Å². The molecule has 0 heterocycles. The molecule has 9 heteroatoms. The van der Waals surface area contributed by atoms with Gasteiger partial charge in [-0.15, -0.1) is 11.6 Å². The van der Waals surface area contributed by atoms with E-state index < -0.39 is 30.2 Å². The lowest BCUT2D eigenvalue weighted by molar-refractivity contribution is -0.386. The van der Waals surface area contributed by atoms with Crippen LogP contribution in [0.3, 0.4) is 0 Å². The number of carboxylic acid groups (broad SMARTS) is 1. The molecule has 1 rings (SSSR count). The van der Waals surface area contributed by atoms with Crippen molar-refractivity contribution in [2.24, 2.45) is 0 Å². The van der Waals surface area contributed by atoms with Crippen LogP contribution in [0.2, 0.25) is 25.7 Å². The third-order valence-electron chi connectivity index (χ3n) is 3.59. The summed E-state index contributed by atoms with van der Waals surface area (Å²) in [7, 11) is -0.116. The van der Waals surface area contributed by atoms with Gasteiger partial charge in [-0.25, -0.2) is 4.79 Å². The second-order valence-corrected chi connectivity index (χ2v) is 12.8. The highest BCUT2D eigenvalue weighted by Crippen LogP contribution is 2.41. The molecule has 0 saturated heterocycles. The zero-order chi connectivity index (χ0) is 19.2. The van der Waals surface area contributed by atoms with E-state index in [9.17, 15) is 20.0 Å². The lowest BCUT2D eigenvalue weighted by Gasteiger charge is -2.19. The Morgan fingerprint density at radius 3 is 2.48 bits per heavy atom. The van der Waals surface area contributed by atoms with Gasteiger partial charge < -0.3 is 14.6 Å². The van der Waals surface area contributed by atoms with Crippen LogP contribution in [0, 0.1) is 10.1 Å². The number of nitro benzene ring substituents is 1. The molecule has 1 N–H and O–H groups in total. The number of hydrogen-bond acceptors (Lipinski definition) is 5. The Morgan fingerprint density at radius 1 is 1.40 bits per heavy atom. The number of alkyl halides is 1. The quantitative estimate of drug-likeness (QED) is 0.212. The van der Waals surface area contributed by atoms with Gasteiger partial charge in [-0.2, -0.15) is 0 Å². The molecule has 0 aliphatic carbocycles. The third kappa shape index (κ3) is 5.89. The van der Waals surface area contributed by atoms with E-state index in [0.717, 1.165) is 12.1 Å². The van der Waals surface area contributed by atoms with Crippen LogP contribution >= 0.6 is 11.6 Å². The number of aromatic carboxylic acids is 1. The maximum atomic E-state index is 11.6. The summed E-state index contributed by atoms with van der Waals surface area (Å²) in [6, 6.07) is 1.92. The van der Waals surface area contributed by atoms with Crippen molar-refractivity contribution in [2.45, 2.75) is 38.5 Å². The number of benzene rings is 1. The number of halogens is 1. The summed E-state index contributed by atoms with van der Waals surface area (Å²) in [5, 5.41) is 21.0. The molecule has 0 unspecified atom stereocenters. The number of nitrogens with zero attached hydrogens (tertiary/aromatic N) is 1. The van der Waals surface area contributed by atoms with Gasteiger partial charge in [-0.05, 0) is 12.8 Å². The molecular weight excluding hydrogens is 366 g/mol. The van der Waals surface area contributed by atoms with Crippen molar-refractivity contribution >= 4 is 31.3 Å². The minimum atomic E-state index is -1.51. The van der Waals surface area contributed by atoms with Crippen LogP contribution in [-0.4, -0.2) is 43.7 Å². The Labute approximate surface area is 153 Å². The van der Waals surface area contributed by atoms with Crippen LogP contribution in [0.4, 0.5) is 5.69 Å². The number of methoxy groups -OCH3 is 1. The van der Waals surface area contributed by atoms with Gasteiger partial charge in [0.15, 0.2) is 11.5 Å². The Hall–Kier alpha value is -1.80. The summed E-state index contributed by atoms with van der Waals surface area (Å²) in [6.45, 7) is 6.70. The summed E-state index contributed by atoms with van der Waals surface area (Å²) >= 11 is 5.63. The van der Waals surface area contributed by atoms with Crippen molar-refractivity contribution in [1.82, 2.24) is 0 Å². The van der Waals surface area contributed by atoms with E-state index in [1.807, 2.05) is 0 Å². The molecular formula is C16H24ClNO6Si. The molecule has 0 radical (unpaired) electrons. The fourth-order valence-electron chi connectivity index (χ4n) is 2.35. The van der Waals surface area contributed by atoms with Crippen molar-refractivity contribution in [3.8, 4) is 11.5 Å². The van der Waals surface area contributed by atoms with E-state index in [4.69, 9.17) is 21.1 Å². The number of carboxylic acids is 1. The number of ether oxygens (including phenoxy) is 2. The first kappa shape index (κ1) is 21.2. The summed E-state index contributed by atoms with van der Waals surface area (Å²) in [5.41, 5.74) is -0.541. The van der Waals surface area contributed by atoms with Gasteiger partial charge in [0.05, 0.1) is 24.2 Å². The molecule has 0 spiro atoms. The number of carbonyl (C=O) groups is 1. The predicted molar refractivity (Wildman–Crippen MR) is 99.3 cm³/mol. The predicted octanol–water partition coefficient (Wildman–Crippen LogP) is 4.19. The Morgan fingerprint density at radius 2 is 2.04 bits per heavy atom. The molecule has 0 atom stereocenters. The molecule has 0 saturated carbocycles. The summed E-state index contributed by atoms with van der Waals surface area (Å²) in [5.74, 6) is -0.555. The highest BCUT2D eigenvalue weighted by Gasteiger charge is 2.32. The topological polar surface area (TPSA) is 98.9 Å². The SMILES string of the molecule is COc1c(OCCCCl)cc(C(=O)O)c([N+](=O)[O-])c1CC[Si](C)(C)C. The standard InChI is InChI=1S/C16H24ClNO6Si/c1-23-15-11(6-9-25(2,3)4)14(18(21)22)12(16(19)20)10-13(15)24-8-5-7-17/h10H,5-9H2,1-4H3,(H,19,20). The molecule has 0 fully saturated rings. The van der Waals surface area contributed by atoms with Crippen LogP contribution < -0.4 is 9.47 Å². The van der Waals surface area contributed by atoms with Gasteiger partial charge >= 0.3 is 5.97 Å². The normalized spacial score (nSPS) is 11.2. The summed E-state index contributed by atoms with van der Waals surface area (Å²) in [6.07, 6.45) is 0.927. The average molecular weight is 390 g/mol. The first-order valence-electron chi connectivity index (χ1n) is 7.92. The van der Waals surface area contributed by atoms with Crippen LogP contribution in [0.5, 0.6) is 11.5 Å². The largest absolute Gasteiger partial charge is 0.492 e. The van der Waals surface area contributed by atoms with Crippen LogP contribution in [0.1, 0.15) is 22.3 Å². The molecule has 0 bridgehead atoms. The van der Waals surface area contributed by atoms with E-state index in [0.29, 0.717) is 18.7 Å². The van der Waals surface area contributed by atoms with Gasteiger partial charge in [0, 0.05) is 20.0 Å². The first-order valence-corrected chi connectivity index (χ1v) is 12.2. The smallest absolute Gasteiger partial charge is 0.342 e. The average Bonchev–Trinajstić information content (AvgIpc) is 2.50. The van der Waals surface area contributed by atoms with Crippen molar-refractivity contribution in [3.63, 3.8) is 0 Å². The fraction of sp³-hybridized carbons (Fsp3) is 0.562. The van der Waals surface area contributed by atoms with Gasteiger partial charge in [0.25, 0.3) is 5.69 Å². The highest BCUT2D eigenvalue weighted by molar-refractivity contribution is 6.76. The number of nitro groups is 1. The van der Waals surface area contributed by atoms with Crippen molar-refractivity contribution in [3.05, 3.63) is 27.3 Å². The molecule has 140 valence electrons. The first-order chi connectivity index (χ1) is 11.6. The van der Waals surface area contributed by atoms with E-state index in [2.05, 4.69) is 19.6 Å². The molecule has 0 aliphatic heterocycles. The van der Waals surface area contributed by atoms with E-state index in [1.165, 1.54) is 7.11 Å². The van der Waals surface area contributed by atoms with Gasteiger partial charge in [-0.3, -0.25) is 10.1 Å². The number of rotatable bonds is 10. The van der Waals surface area contributed by atoms with Crippen molar-refractivity contribution in [2.75, 3.05) is 19.6 Å². The van der Waals surface area contributed by atoms with E-state index in [1.54, 1.807) is 0 Å². The van der Waals surface area contributed by atoms with Crippen LogP contribution in [0.25, 0.3) is 0 Å². The van der Waals surface area contributed by atoms with E-state index >= 15 is 0 Å². The Kier molecular flexibility index (Phi) is 7.69. The monoisotopic (exact) mass is 389 g/mol. The summed E-state index contributed by atoms with van der Waals surface area (Å²) in [4.78, 5) is 22.4. The highest BCUT2D eigenvalue weighted by atomic mass is 35.5. The minimum absolute atomic E-state index is 0.196. The molecule has 7 nitrogen and oxygen atoms in total. The van der Waals surface area contributed by atoms with Crippen molar-refractivity contribution in [1.29, 1.82) is 0 Å². The summed E-state index contributed by atoms with van der Waals surface area (Å²) < 4.78 is 10.9. The van der Waals surface area contributed by atoms with Gasteiger partial charge in [0.1, 0.15) is 5.56 Å². The third-order valence-corrected chi connectivity index (χ3v) is 5.61. The maximum Gasteiger partial charge on any atom is 0.342 e. The maximum absolute atomic E-state index is 11.6. The van der Waals surface area contributed by atoms with Crippen LogP contribution in [0.15, 0.2) is 6.07 Å². The molecule has 1 aromatic carbocycles. The lowest BCUT2D eigenvalue weighted by Crippen LogP contribution is -2.21. The molecule has 1 aromatic rings. The van der Waals surface area contributed by atoms with Gasteiger partial charge in [-0.1, -0.05) is 25.7 Å². The second kappa shape index (κ2) is 9.05. The number of hydrogen-bond donors (Lipinski definition) is 1. The fourth-order valence-corrected chi connectivity index (χ4v) is 3.46. The van der Waals surface area contributed by atoms with Gasteiger partial charge in [0.2, 0.25) is 0 Å². The lowest BCUT2D eigenvalue weighted by atomic mass is 10.0. The second-order valence-electron chi connectivity index (χ2n) is 6.80. The Bertz CT molecular complexity index is 644. The molecule has 25 heavy (non-hydrogen) atoms. The molecule has 0 aliphatic rings. The zero-order valence-electron chi connectivity index (χ0n) is 14.9. The molecule has 0 amide bonds. The van der Waals surface area contributed by atoms with Crippen LogP contribution in [-0.2, 0) is 6.42 Å². The minimum Gasteiger partial charge on any atom is -0.492 e.